The number of nitrogens with zero attached hydrogens (tertiary/aromatic N) is 1. The Morgan fingerprint density at radius 2 is 2.25 bits per heavy atom. The van der Waals surface area contributed by atoms with Crippen LogP contribution in [0.25, 0.3) is 0 Å². The fourth-order valence-corrected chi connectivity index (χ4v) is 3.15. The molecule has 0 aliphatic carbocycles. The van der Waals surface area contributed by atoms with Crippen molar-refractivity contribution < 1.29 is 9.15 Å². The maximum absolute atomic E-state index is 5.56. The van der Waals surface area contributed by atoms with E-state index in [1.807, 2.05) is 23.5 Å². The van der Waals surface area contributed by atoms with Crippen LogP contribution in [0.5, 0.6) is 0 Å². The Kier molecular flexibility index (Phi) is 8.41. The summed E-state index contributed by atoms with van der Waals surface area (Å²) in [5.74, 6) is 2.28. The molecule has 0 amide bonds. The van der Waals surface area contributed by atoms with Crippen molar-refractivity contribution in [1.29, 1.82) is 0 Å². The van der Waals surface area contributed by atoms with Gasteiger partial charge in [0.2, 0.25) is 0 Å². The highest BCUT2D eigenvalue weighted by atomic mass is 32.1. The molecule has 1 atom stereocenters. The third kappa shape index (κ3) is 7.19. The largest absolute Gasteiger partial charge is 0.467 e. The minimum Gasteiger partial charge on any atom is -0.467 e. The molecule has 0 radical (unpaired) electrons. The first-order valence-electron chi connectivity index (χ1n) is 8.35. The van der Waals surface area contributed by atoms with E-state index in [0.717, 1.165) is 37.7 Å². The van der Waals surface area contributed by atoms with Crippen LogP contribution in [-0.2, 0) is 17.8 Å². The normalized spacial score (nSPS) is 13.0. The van der Waals surface area contributed by atoms with E-state index in [1.54, 1.807) is 13.3 Å². The molecule has 6 heteroatoms. The van der Waals surface area contributed by atoms with Crippen LogP contribution < -0.4 is 10.6 Å². The standard InChI is InChI=1S/C18H27N3O2S/c1-15(12-17-7-4-11-24-17)13-21-18(19-2)20-8-5-9-22-14-16-6-3-10-23-16/h3-4,6-7,10-11,15H,5,8-9,12-14H2,1-2H3,(H2,19,20,21). The number of aliphatic imine (C=N–C) groups is 1. The zero-order valence-corrected chi connectivity index (χ0v) is 15.3. The number of hydrogen-bond donors (Lipinski definition) is 2. The van der Waals surface area contributed by atoms with Crippen molar-refractivity contribution in [2.75, 3.05) is 26.7 Å². The Labute approximate surface area is 148 Å². The van der Waals surface area contributed by atoms with Crippen molar-refractivity contribution in [3.63, 3.8) is 0 Å². The molecule has 2 N–H and O–H groups in total. The Hall–Kier alpha value is -1.79. The van der Waals surface area contributed by atoms with Crippen LogP contribution in [0.4, 0.5) is 0 Å². The lowest BCUT2D eigenvalue weighted by Crippen LogP contribution is -2.40. The van der Waals surface area contributed by atoms with Gasteiger partial charge < -0.3 is 19.8 Å². The van der Waals surface area contributed by atoms with Gasteiger partial charge in [0.1, 0.15) is 12.4 Å². The summed E-state index contributed by atoms with van der Waals surface area (Å²) in [5, 5.41) is 8.83. The maximum atomic E-state index is 5.56. The van der Waals surface area contributed by atoms with Crippen molar-refractivity contribution in [1.82, 2.24) is 10.6 Å². The minimum atomic E-state index is 0.528. The molecule has 1 unspecified atom stereocenters. The SMILES string of the molecule is CN=C(NCCCOCc1ccco1)NCC(C)Cc1cccs1. The summed E-state index contributed by atoms with van der Waals surface area (Å²) >= 11 is 1.82. The highest BCUT2D eigenvalue weighted by molar-refractivity contribution is 7.09. The highest BCUT2D eigenvalue weighted by Gasteiger charge is 2.06. The molecule has 0 aliphatic rings. The van der Waals surface area contributed by atoms with E-state index in [1.165, 1.54) is 4.88 Å². The number of hydrogen-bond acceptors (Lipinski definition) is 4. The van der Waals surface area contributed by atoms with Crippen molar-refractivity contribution in [3.05, 3.63) is 46.5 Å². The van der Waals surface area contributed by atoms with Gasteiger partial charge in [-0.3, -0.25) is 4.99 Å². The molecule has 0 saturated heterocycles. The van der Waals surface area contributed by atoms with Gasteiger partial charge in [0.25, 0.3) is 0 Å². The van der Waals surface area contributed by atoms with E-state index in [0.29, 0.717) is 19.1 Å². The smallest absolute Gasteiger partial charge is 0.190 e. The van der Waals surface area contributed by atoms with Gasteiger partial charge in [-0.15, -0.1) is 11.3 Å². The van der Waals surface area contributed by atoms with Crippen LogP contribution in [0.3, 0.4) is 0 Å². The average molecular weight is 350 g/mol. The summed E-state index contributed by atoms with van der Waals surface area (Å²) in [6.45, 7) is 5.21. The molecule has 2 rings (SSSR count). The second kappa shape index (κ2) is 10.9. The van der Waals surface area contributed by atoms with E-state index in [-0.39, 0.29) is 0 Å². The molecule has 0 fully saturated rings. The minimum absolute atomic E-state index is 0.528. The zero-order chi connectivity index (χ0) is 17.0. The third-order valence-corrected chi connectivity index (χ3v) is 4.45. The Balaban J connectivity index is 1.52. The average Bonchev–Trinajstić information content (AvgIpc) is 3.27. The van der Waals surface area contributed by atoms with Gasteiger partial charge in [0, 0.05) is 31.6 Å². The molecule has 2 heterocycles. The summed E-state index contributed by atoms with van der Waals surface area (Å²) in [7, 11) is 1.80. The summed E-state index contributed by atoms with van der Waals surface area (Å²) in [5.41, 5.74) is 0. The van der Waals surface area contributed by atoms with Gasteiger partial charge in [-0.25, -0.2) is 0 Å². The lowest BCUT2D eigenvalue weighted by atomic mass is 10.1. The topological polar surface area (TPSA) is 58.8 Å². The Bertz CT molecular complexity index is 567. The van der Waals surface area contributed by atoms with Crippen LogP contribution in [0.15, 0.2) is 45.3 Å². The monoisotopic (exact) mass is 349 g/mol. The molecule has 5 nitrogen and oxygen atoms in total. The van der Waals surface area contributed by atoms with E-state index in [2.05, 4.69) is 40.1 Å². The number of rotatable bonds is 10. The van der Waals surface area contributed by atoms with Gasteiger partial charge in [-0.05, 0) is 42.3 Å². The number of thiophene rings is 1. The number of guanidine groups is 1. The molecule has 24 heavy (non-hydrogen) atoms. The third-order valence-electron chi connectivity index (χ3n) is 3.55. The predicted octanol–water partition coefficient (Wildman–Crippen LogP) is 3.29. The van der Waals surface area contributed by atoms with Crippen molar-refractivity contribution in [3.8, 4) is 0 Å². The van der Waals surface area contributed by atoms with Gasteiger partial charge in [-0.2, -0.15) is 0 Å². The summed E-state index contributed by atoms with van der Waals surface area (Å²) < 4.78 is 10.8. The van der Waals surface area contributed by atoms with Gasteiger partial charge >= 0.3 is 0 Å². The summed E-state index contributed by atoms with van der Waals surface area (Å²) in [4.78, 5) is 5.69. The zero-order valence-electron chi connectivity index (χ0n) is 14.5. The highest BCUT2D eigenvalue weighted by Crippen LogP contribution is 2.13. The molecular weight excluding hydrogens is 322 g/mol. The first-order chi connectivity index (χ1) is 11.8. The molecule has 2 aromatic rings. The molecule has 2 aromatic heterocycles. The molecule has 0 saturated carbocycles. The van der Waals surface area contributed by atoms with Gasteiger partial charge in [0.15, 0.2) is 5.96 Å². The number of ether oxygens (including phenoxy) is 1. The van der Waals surface area contributed by atoms with Gasteiger partial charge in [0.05, 0.1) is 6.26 Å². The predicted molar refractivity (Wildman–Crippen MR) is 99.5 cm³/mol. The number of furan rings is 1. The molecule has 0 spiro atoms. The van der Waals surface area contributed by atoms with Crippen molar-refractivity contribution >= 4 is 17.3 Å². The molecule has 0 bridgehead atoms. The second-order valence-electron chi connectivity index (χ2n) is 5.75. The van der Waals surface area contributed by atoms with E-state index in [9.17, 15) is 0 Å². The Morgan fingerprint density at radius 1 is 1.33 bits per heavy atom. The molecule has 0 aromatic carbocycles. The summed E-state index contributed by atoms with van der Waals surface area (Å²) in [6, 6.07) is 8.09. The lowest BCUT2D eigenvalue weighted by Gasteiger charge is -2.15. The number of nitrogens with one attached hydrogen (secondary N) is 2. The maximum Gasteiger partial charge on any atom is 0.190 e. The summed E-state index contributed by atoms with van der Waals surface area (Å²) in [6.07, 6.45) is 3.68. The van der Waals surface area contributed by atoms with E-state index in [4.69, 9.17) is 9.15 Å². The fourth-order valence-electron chi connectivity index (χ4n) is 2.28. The second-order valence-corrected chi connectivity index (χ2v) is 6.79. The quantitative estimate of drug-likeness (QED) is 0.393. The lowest BCUT2D eigenvalue weighted by molar-refractivity contribution is 0.105. The van der Waals surface area contributed by atoms with Crippen LogP contribution in [0.2, 0.25) is 0 Å². The van der Waals surface area contributed by atoms with Crippen LogP contribution >= 0.6 is 11.3 Å². The first-order valence-corrected chi connectivity index (χ1v) is 9.23. The molecular formula is C18H27N3O2S. The van der Waals surface area contributed by atoms with Crippen LogP contribution in [-0.4, -0.2) is 32.7 Å². The Morgan fingerprint density at radius 3 is 2.96 bits per heavy atom. The van der Waals surface area contributed by atoms with Crippen molar-refractivity contribution in [2.24, 2.45) is 10.9 Å². The van der Waals surface area contributed by atoms with Crippen LogP contribution in [0.1, 0.15) is 24.0 Å². The molecule has 0 aliphatic heterocycles. The van der Waals surface area contributed by atoms with Crippen LogP contribution in [0, 0.1) is 5.92 Å². The van der Waals surface area contributed by atoms with Gasteiger partial charge in [-0.1, -0.05) is 13.0 Å². The molecule has 132 valence electrons. The van der Waals surface area contributed by atoms with E-state index >= 15 is 0 Å². The van der Waals surface area contributed by atoms with Crippen molar-refractivity contribution in [2.45, 2.75) is 26.4 Å². The fraction of sp³-hybridized carbons (Fsp3) is 0.500. The first kappa shape index (κ1) is 18.5. The van der Waals surface area contributed by atoms with E-state index < -0.39 is 0 Å².